The van der Waals surface area contributed by atoms with Crippen LogP contribution < -0.4 is 10.5 Å². The summed E-state index contributed by atoms with van der Waals surface area (Å²) >= 11 is 0. The van der Waals surface area contributed by atoms with Crippen molar-refractivity contribution in [2.24, 2.45) is 7.05 Å². The summed E-state index contributed by atoms with van der Waals surface area (Å²) in [6.45, 7) is 4.03. The molecule has 6 heteroatoms. The van der Waals surface area contributed by atoms with Crippen LogP contribution in [0.25, 0.3) is 27.5 Å². The highest BCUT2D eigenvalue weighted by Crippen LogP contribution is 2.39. The average Bonchev–Trinajstić information content (AvgIpc) is 3.13. The molecule has 26 heavy (non-hydrogen) atoms. The van der Waals surface area contributed by atoms with Crippen molar-refractivity contribution in [2.45, 2.75) is 13.8 Å². The van der Waals surface area contributed by atoms with E-state index in [0.29, 0.717) is 11.4 Å². The van der Waals surface area contributed by atoms with E-state index in [1.165, 1.54) is 0 Å². The molecule has 0 aliphatic carbocycles. The predicted molar refractivity (Wildman–Crippen MR) is 103 cm³/mol. The van der Waals surface area contributed by atoms with E-state index < -0.39 is 0 Å². The summed E-state index contributed by atoms with van der Waals surface area (Å²) in [5.74, 6) is 1.21. The number of hydrogen-bond acceptors (Lipinski definition) is 4. The van der Waals surface area contributed by atoms with Crippen LogP contribution in [0, 0.1) is 25.2 Å². The number of nitrogen functional groups attached to an aromatic ring is 1. The van der Waals surface area contributed by atoms with Crippen molar-refractivity contribution in [3.63, 3.8) is 0 Å². The van der Waals surface area contributed by atoms with Gasteiger partial charge >= 0.3 is 0 Å². The molecule has 2 aromatic heterocycles. The van der Waals surface area contributed by atoms with Gasteiger partial charge in [-0.25, -0.2) is 0 Å². The van der Waals surface area contributed by atoms with E-state index >= 15 is 0 Å². The highest BCUT2D eigenvalue weighted by atomic mass is 16.5. The van der Waals surface area contributed by atoms with Crippen molar-refractivity contribution in [3.05, 3.63) is 47.2 Å². The smallest absolute Gasteiger partial charge is 0.127 e. The van der Waals surface area contributed by atoms with Gasteiger partial charge in [0.15, 0.2) is 0 Å². The molecule has 0 atom stereocenters. The van der Waals surface area contributed by atoms with Crippen molar-refractivity contribution in [2.75, 3.05) is 12.8 Å². The molecule has 6 nitrogen and oxygen atoms in total. The van der Waals surface area contributed by atoms with Crippen LogP contribution in [0.2, 0.25) is 0 Å². The van der Waals surface area contributed by atoms with Crippen molar-refractivity contribution in [1.29, 1.82) is 5.26 Å². The second-order valence-corrected chi connectivity index (χ2v) is 6.43. The first-order chi connectivity index (χ1) is 12.5. The average molecular weight is 345 g/mol. The van der Waals surface area contributed by atoms with Crippen molar-refractivity contribution < 1.29 is 4.74 Å². The number of benzene rings is 2. The summed E-state index contributed by atoms with van der Waals surface area (Å²) in [4.78, 5) is 0. The number of anilines is 1. The monoisotopic (exact) mass is 345 g/mol. The van der Waals surface area contributed by atoms with E-state index in [9.17, 15) is 5.26 Å². The van der Waals surface area contributed by atoms with Crippen LogP contribution in [0.5, 0.6) is 5.75 Å². The zero-order valence-corrected chi connectivity index (χ0v) is 15.2. The lowest BCUT2D eigenvalue weighted by Gasteiger charge is -2.17. The number of rotatable bonds is 2. The third-order valence-corrected chi connectivity index (χ3v) is 5.03. The Bertz CT molecular complexity index is 1220. The van der Waals surface area contributed by atoms with Gasteiger partial charge in [-0.3, -0.25) is 9.25 Å². The fraction of sp³-hybridized carbons (Fsp3) is 0.200. The minimum atomic E-state index is 0.429. The van der Waals surface area contributed by atoms with Crippen LogP contribution in [-0.2, 0) is 7.05 Å². The molecule has 4 aromatic rings. The van der Waals surface area contributed by atoms with Crippen molar-refractivity contribution in [1.82, 2.24) is 14.3 Å². The summed E-state index contributed by atoms with van der Waals surface area (Å²) in [5.41, 5.74) is 11.8. The lowest BCUT2D eigenvalue weighted by molar-refractivity contribution is 0.411. The summed E-state index contributed by atoms with van der Waals surface area (Å²) in [6, 6.07) is 10.1. The molecule has 130 valence electrons. The number of aryl methyl sites for hydroxylation is 2. The number of nitriles is 1. The molecular formula is C20H19N5O. The van der Waals surface area contributed by atoms with Gasteiger partial charge in [-0.05, 0) is 37.6 Å². The van der Waals surface area contributed by atoms with E-state index in [1.807, 2.05) is 60.6 Å². The van der Waals surface area contributed by atoms with E-state index in [4.69, 9.17) is 10.5 Å². The zero-order chi connectivity index (χ0) is 18.6. The first-order valence-corrected chi connectivity index (χ1v) is 8.28. The number of nitrogens with two attached hydrogens (primary N) is 1. The minimum Gasteiger partial charge on any atom is -0.496 e. The number of fused-ring (bicyclic) bond motifs is 3. The molecule has 0 amide bonds. The van der Waals surface area contributed by atoms with Gasteiger partial charge in [0, 0.05) is 23.4 Å². The molecule has 4 rings (SSSR count). The summed E-state index contributed by atoms with van der Waals surface area (Å²) in [7, 11) is 3.55. The van der Waals surface area contributed by atoms with Crippen LogP contribution in [0.15, 0.2) is 30.5 Å². The number of hydrogen-bond donors (Lipinski definition) is 1. The van der Waals surface area contributed by atoms with Crippen LogP contribution in [0.3, 0.4) is 0 Å². The molecule has 0 fully saturated rings. The number of aromatic nitrogens is 3. The van der Waals surface area contributed by atoms with Gasteiger partial charge in [0.1, 0.15) is 23.2 Å². The third kappa shape index (κ3) is 1.94. The molecule has 0 aliphatic rings. The molecule has 0 unspecified atom stereocenters. The molecule has 2 N–H and O–H groups in total. The Hall–Kier alpha value is -3.46. The molecule has 2 aromatic carbocycles. The van der Waals surface area contributed by atoms with Crippen LogP contribution >= 0.6 is 0 Å². The first-order valence-electron chi connectivity index (χ1n) is 8.28. The van der Waals surface area contributed by atoms with E-state index in [1.54, 1.807) is 7.11 Å². The Kier molecular flexibility index (Phi) is 3.41. The quantitative estimate of drug-likeness (QED) is 0.602. The molecule has 0 aliphatic heterocycles. The predicted octanol–water partition coefficient (Wildman–Crippen LogP) is 3.60. The lowest BCUT2D eigenvalue weighted by atomic mass is 10.1. The van der Waals surface area contributed by atoms with Gasteiger partial charge < -0.3 is 10.5 Å². The van der Waals surface area contributed by atoms with Crippen LogP contribution in [-0.4, -0.2) is 21.5 Å². The summed E-state index contributed by atoms with van der Waals surface area (Å²) in [5, 5.41) is 15.9. The fourth-order valence-electron chi connectivity index (χ4n) is 3.76. The molecule has 2 heterocycles. The Balaban J connectivity index is 2.26. The molecule has 0 bridgehead atoms. The topological polar surface area (TPSA) is 81.8 Å². The fourth-order valence-corrected chi connectivity index (χ4v) is 3.76. The van der Waals surface area contributed by atoms with Gasteiger partial charge in [-0.2, -0.15) is 10.4 Å². The Morgan fingerprint density at radius 2 is 1.92 bits per heavy atom. The van der Waals surface area contributed by atoms with Crippen molar-refractivity contribution >= 4 is 27.6 Å². The van der Waals surface area contributed by atoms with E-state index in [2.05, 4.69) is 11.2 Å². The van der Waals surface area contributed by atoms with Gasteiger partial charge in [-0.15, -0.1) is 0 Å². The summed E-state index contributed by atoms with van der Waals surface area (Å²) in [6.07, 6.45) is 1.82. The van der Waals surface area contributed by atoms with E-state index in [0.717, 1.165) is 44.4 Å². The highest BCUT2D eigenvalue weighted by molar-refractivity contribution is 6.10. The van der Waals surface area contributed by atoms with Crippen LogP contribution in [0.4, 0.5) is 5.82 Å². The summed E-state index contributed by atoms with van der Waals surface area (Å²) < 4.78 is 9.29. The largest absolute Gasteiger partial charge is 0.496 e. The maximum atomic E-state index is 9.70. The van der Waals surface area contributed by atoms with Gasteiger partial charge in [-0.1, -0.05) is 6.07 Å². The zero-order valence-electron chi connectivity index (χ0n) is 15.2. The highest BCUT2D eigenvalue weighted by Gasteiger charge is 2.22. The molecule has 0 saturated heterocycles. The Labute approximate surface area is 151 Å². The standard InChI is InChI=1S/C20H19N5O/c1-11-5-8-17(26-4)12(2)18(11)25-19-13(14(9-21)20(25)22)6-7-16-15(19)10-23-24(16)3/h5-8,10H,22H2,1-4H3. The maximum Gasteiger partial charge on any atom is 0.127 e. The van der Waals surface area contributed by atoms with Crippen LogP contribution in [0.1, 0.15) is 16.7 Å². The maximum absolute atomic E-state index is 9.70. The molecule has 0 radical (unpaired) electrons. The normalized spacial score (nSPS) is 11.2. The number of nitrogens with zero attached hydrogens (tertiary/aromatic N) is 4. The molecular weight excluding hydrogens is 326 g/mol. The third-order valence-electron chi connectivity index (χ3n) is 5.03. The molecule has 0 spiro atoms. The van der Waals surface area contributed by atoms with E-state index in [-0.39, 0.29) is 0 Å². The van der Waals surface area contributed by atoms with Gasteiger partial charge in [0.2, 0.25) is 0 Å². The lowest BCUT2D eigenvalue weighted by Crippen LogP contribution is -2.06. The first kappa shape index (κ1) is 16.0. The van der Waals surface area contributed by atoms with Gasteiger partial charge in [0.25, 0.3) is 0 Å². The SMILES string of the molecule is COc1ccc(C)c(-n2c(N)c(C#N)c3ccc4c(cnn4C)c32)c1C. The number of methoxy groups -OCH3 is 1. The second kappa shape index (κ2) is 5.53. The molecule has 0 saturated carbocycles. The Morgan fingerprint density at radius 3 is 2.62 bits per heavy atom. The second-order valence-electron chi connectivity index (χ2n) is 6.43. The number of ether oxygens (including phenoxy) is 1. The van der Waals surface area contributed by atoms with Gasteiger partial charge in [0.05, 0.1) is 30.0 Å². The van der Waals surface area contributed by atoms with Crippen molar-refractivity contribution in [3.8, 4) is 17.5 Å². The minimum absolute atomic E-state index is 0.429. The Morgan fingerprint density at radius 1 is 1.15 bits per heavy atom.